The first-order chi connectivity index (χ1) is 16.2. The Kier molecular flexibility index (Phi) is 6.17. The molecule has 0 aliphatic heterocycles. The molecule has 0 aliphatic carbocycles. The molecule has 0 bridgehead atoms. The number of nitrogens with one attached hydrogen (secondary N) is 2. The third-order valence-electron chi connectivity index (χ3n) is 4.77. The van der Waals surface area contributed by atoms with Gasteiger partial charge >= 0.3 is 12.2 Å². The third-order valence-corrected chi connectivity index (χ3v) is 4.77. The standard InChI is InChI=1S/C21H18F3N7O3/c1-25-20(32)28-14-6-3-12(4-7-14)18-29-19(34-30-18)15-10-27-31(2)16(15)11-33-17-8-5-13(9-26-17)21(22,23)24/h3-10H,11H2,1-2H3,(H2,25,28,32). The van der Waals surface area contributed by atoms with E-state index in [4.69, 9.17) is 9.26 Å². The molecule has 4 rings (SSSR count). The van der Waals surface area contributed by atoms with Crippen LogP contribution in [-0.2, 0) is 19.8 Å². The zero-order valence-electron chi connectivity index (χ0n) is 17.9. The first-order valence-corrected chi connectivity index (χ1v) is 9.85. The molecule has 0 atom stereocenters. The number of hydrogen-bond acceptors (Lipinski definition) is 7. The van der Waals surface area contributed by atoms with Gasteiger partial charge in [-0.3, -0.25) is 4.68 Å². The Morgan fingerprint density at radius 2 is 1.91 bits per heavy atom. The van der Waals surface area contributed by atoms with E-state index in [0.717, 1.165) is 12.1 Å². The molecule has 0 saturated carbocycles. The largest absolute Gasteiger partial charge is 0.471 e. The minimum absolute atomic E-state index is 0.0248. The molecule has 4 aromatic rings. The first kappa shape index (κ1) is 22.8. The fourth-order valence-electron chi connectivity index (χ4n) is 2.93. The molecule has 34 heavy (non-hydrogen) atoms. The van der Waals surface area contributed by atoms with Crippen molar-refractivity contribution in [3.05, 3.63) is 60.0 Å². The summed E-state index contributed by atoms with van der Waals surface area (Å²) >= 11 is 0. The number of benzene rings is 1. The van der Waals surface area contributed by atoms with Crippen molar-refractivity contribution in [2.75, 3.05) is 12.4 Å². The van der Waals surface area contributed by atoms with Crippen LogP contribution in [0.2, 0.25) is 0 Å². The van der Waals surface area contributed by atoms with Gasteiger partial charge in [-0.05, 0) is 30.3 Å². The summed E-state index contributed by atoms with van der Waals surface area (Å²) in [4.78, 5) is 19.5. The number of rotatable bonds is 6. The van der Waals surface area contributed by atoms with E-state index in [-0.39, 0.29) is 24.4 Å². The molecule has 0 radical (unpaired) electrons. The first-order valence-electron chi connectivity index (χ1n) is 9.85. The average Bonchev–Trinajstić information content (AvgIpc) is 3.44. The van der Waals surface area contributed by atoms with Gasteiger partial charge in [0.2, 0.25) is 11.7 Å². The number of pyridine rings is 1. The number of amides is 2. The van der Waals surface area contributed by atoms with Gasteiger partial charge in [-0.15, -0.1) is 0 Å². The fraction of sp³-hybridized carbons (Fsp3) is 0.190. The highest BCUT2D eigenvalue weighted by atomic mass is 19.4. The second-order valence-corrected chi connectivity index (χ2v) is 7.00. The topological polar surface area (TPSA) is 120 Å². The summed E-state index contributed by atoms with van der Waals surface area (Å²) in [6, 6.07) is 8.54. The lowest BCUT2D eigenvalue weighted by Crippen LogP contribution is -2.24. The zero-order valence-corrected chi connectivity index (χ0v) is 17.9. The van der Waals surface area contributed by atoms with Crippen LogP contribution in [0.3, 0.4) is 0 Å². The minimum Gasteiger partial charge on any atom is -0.471 e. The lowest BCUT2D eigenvalue weighted by atomic mass is 10.2. The maximum atomic E-state index is 12.7. The summed E-state index contributed by atoms with van der Waals surface area (Å²) in [5.41, 5.74) is 1.45. The molecule has 13 heteroatoms. The normalized spacial score (nSPS) is 11.3. The summed E-state index contributed by atoms with van der Waals surface area (Å²) in [6.07, 6.45) is -2.25. The maximum absolute atomic E-state index is 12.7. The van der Waals surface area contributed by atoms with E-state index >= 15 is 0 Å². The van der Waals surface area contributed by atoms with Gasteiger partial charge in [0.15, 0.2) is 0 Å². The van der Waals surface area contributed by atoms with E-state index in [9.17, 15) is 18.0 Å². The van der Waals surface area contributed by atoms with Crippen LogP contribution in [0.1, 0.15) is 11.3 Å². The van der Waals surface area contributed by atoms with Crippen LogP contribution in [-0.4, -0.2) is 38.0 Å². The number of nitrogens with zero attached hydrogens (tertiary/aromatic N) is 5. The van der Waals surface area contributed by atoms with Gasteiger partial charge < -0.3 is 19.9 Å². The average molecular weight is 473 g/mol. The molecule has 176 valence electrons. The molecule has 0 unspecified atom stereocenters. The number of carbonyl (C=O) groups is 1. The van der Waals surface area contributed by atoms with Crippen molar-refractivity contribution >= 4 is 11.7 Å². The zero-order chi connectivity index (χ0) is 24.3. The van der Waals surface area contributed by atoms with Gasteiger partial charge in [0.05, 0.1) is 23.0 Å². The highest BCUT2D eigenvalue weighted by Gasteiger charge is 2.30. The predicted octanol–water partition coefficient (Wildman–Crippen LogP) is 3.88. The minimum atomic E-state index is -4.47. The quantitative estimate of drug-likeness (QED) is 0.436. The van der Waals surface area contributed by atoms with Crippen molar-refractivity contribution in [1.29, 1.82) is 0 Å². The number of aryl methyl sites for hydroxylation is 1. The molecule has 0 aliphatic rings. The van der Waals surface area contributed by atoms with Crippen molar-refractivity contribution in [2.45, 2.75) is 12.8 Å². The van der Waals surface area contributed by atoms with Crippen LogP contribution in [0.25, 0.3) is 22.8 Å². The molecule has 10 nitrogen and oxygen atoms in total. The second-order valence-electron chi connectivity index (χ2n) is 7.00. The van der Waals surface area contributed by atoms with Crippen molar-refractivity contribution in [1.82, 2.24) is 30.2 Å². The molecule has 3 aromatic heterocycles. The number of aromatic nitrogens is 5. The third kappa shape index (κ3) is 4.98. The molecular weight excluding hydrogens is 455 g/mol. The Labute approximate surface area is 190 Å². The fourth-order valence-corrected chi connectivity index (χ4v) is 2.93. The van der Waals surface area contributed by atoms with Crippen LogP contribution in [0.15, 0.2) is 53.3 Å². The second kappa shape index (κ2) is 9.21. The lowest BCUT2D eigenvalue weighted by molar-refractivity contribution is -0.137. The lowest BCUT2D eigenvalue weighted by Gasteiger charge is -2.09. The van der Waals surface area contributed by atoms with Crippen LogP contribution in [0, 0.1) is 0 Å². The highest BCUT2D eigenvalue weighted by molar-refractivity contribution is 5.89. The van der Waals surface area contributed by atoms with E-state index in [1.54, 1.807) is 31.3 Å². The molecule has 0 fully saturated rings. The van der Waals surface area contributed by atoms with Gasteiger partial charge in [0.1, 0.15) is 6.61 Å². The van der Waals surface area contributed by atoms with Crippen LogP contribution >= 0.6 is 0 Å². The summed E-state index contributed by atoms with van der Waals surface area (Å²) in [5.74, 6) is 0.535. The molecule has 1 aromatic carbocycles. The van der Waals surface area contributed by atoms with Gasteiger partial charge in [0, 0.05) is 37.6 Å². The van der Waals surface area contributed by atoms with E-state index in [0.29, 0.717) is 34.5 Å². The smallest absolute Gasteiger partial charge is 0.417 e. The van der Waals surface area contributed by atoms with E-state index in [2.05, 4.69) is 30.9 Å². The Morgan fingerprint density at radius 1 is 1.15 bits per heavy atom. The summed E-state index contributed by atoms with van der Waals surface area (Å²) < 4.78 is 50.5. The molecule has 2 amide bonds. The van der Waals surface area contributed by atoms with Crippen molar-refractivity contribution in [2.24, 2.45) is 7.05 Å². The molecule has 0 saturated heterocycles. The van der Waals surface area contributed by atoms with Gasteiger partial charge in [-0.25, -0.2) is 9.78 Å². The number of carbonyl (C=O) groups excluding carboxylic acids is 1. The number of ether oxygens (including phenoxy) is 1. The molecule has 0 spiro atoms. The van der Waals surface area contributed by atoms with Crippen molar-refractivity contribution < 1.29 is 27.2 Å². The Hall–Kier alpha value is -4.42. The monoisotopic (exact) mass is 473 g/mol. The summed E-state index contributed by atoms with van der Waals surface area (Å²) in [7, 11) is 3.19. The van der Waals surface area contributed by atoms with Gasteiger partial charge in [-0.1, -0.05) is 5.16 Å². The Morgan fingerprint density at radius 3 is 2.56 bits per heavy atom. The summed E-state index contributed by atoms with van der Waals surface area (Å²) in [5, 5.41) is 13.3. The number of alkyl halides is 3. The van der Waals surface area contributed by atoms with E-state index in [1.807, 2.05) is 0 Å². The number of urea groups is 1. The SMILES string of the molecule is CNC(=O)Nc1ccc(-c2noc(-c3cnn(C)c3COc3ccc(C(F)(F)F)cn3)n2)cc1. The van der Waals surface area contributed by atoms with E-state index < -0.39 is 11.7 Å². The number of halogens is 3. The number of hydrogen-bond donors (Lipinski definition) is 2. The molecule has 3 heterocycles. The van der Waals surface area contributed by atoms with Crippen LogP contribution < -0.4 is 15.4 Å². The highest BCUT2D eigenvalue weighted by Crippen LogP contribution is 2.30. The van der Waals surface area contributed by atoms with Crippen molar-refractivity contribution in [3.8, 4) is 28.7 Å². The summed E-state index contributed by atoms with van der Waals surface area (Å²) in [6.45, 7) is -0.0399. The maximum Gasteiger partial charge on any atom is 0.417 e. The van der Waals surface area contributed by atoms with Gasteiger partial charge in [0.25, 0.3) is 5.89 Å². The van der Waals surface area contributed by atoms with Crippen LogP contribution in [0.5, 0.6) is 5.88 Å². The predicted molar refractivity (Wildman–Crippen MR) is 114 cm³/mol. The number of anilines is 1. The van der Waals surface area contributed by atoms with Gasteiger partial charge in [-0.2, -0.15) is 23.3 Å². The Balaban J connectivity index is 1.49. The van der Waals surface area contributed by atoms with E-state index in [1.165, 1.54) is 17.9 Å². The van der Waals surface area contributed by atoms with Crippen LogP contribution in [0.4, 0.5) is 23.7 Å². The molecular formula is C21H18F3N7O3. The molecule has 2 N–H and O–H groups in total. The Bertz CT molecular complexity index is 1280. The van der Waals surface area contributed by atoms with Crippen molar-refractivity contribution in [3.63, 3.8) is 0 Å².